The van der Waals surface area contributed by atoms with Crippen molar-refractivity contribution in [2.75, 3.05) is 5.73 Å². The van der Waals surface area contributed by atoms with Gasteiger partial charge in [-0.3, -0.25) is 0 Å². The average molecular weight is 245 g/mol. The molecule has 0 radical (unpaired) electrons. The summed E-state index contributed by atoms with van der Waals surface area (Å²) in [4.78, 5) is 0. The lowest BCUT2D eigenvalue weighted by molar-refractivity contribution is 0.483. The first kappa shape index (κ1) is 12.4. The predicted molar refractivity (Wildman–Crippen MR) is 71.3 cm³/mol. The third-order valence-electron chi connectivity index (χ3n) is 2.66. The number of aryl methyl sites for hydroxylation is 1. The second kappa shape index (κ2) is 5.54. The Bertz CT molecular complexity index is 523. The smallest absolute Gasteiger partial charge is 0.150 e. The van der Waals surface area contributed by atoms with Gasteiger partial charge in [0.25, 0.3) is 0 Å². The fourth-order valence-corrected chi connectivity index (χ4v) is 1.75. The number of hydrogen-bond acceptors (Lipinski definition) is 2. The van der Waals surface area contributed by atoms with E-state index in [0.717, 1.165) is 12.8 Å². The number of nitrogen functional groups attached to an aromatic ring is 1. The van der Waals surface area contributed by atoms with Crippen molar-refractivity contribution in [3.63, 3.8) is 0 Å². The van der Waals surface area contributed by atoms with Gasteiger partial charge in [0.15, 0.2) is 5.75 Å². The molecule has 2 nitrogen and oxygen atoms in total. The van der Waals surface area contributed by atoms with E-state index in [0.29, 0.717) is 17.2 Å². The van der Waals surface area contributed by atoms with E-state index >= 15 is 0 Å². The first-order chi connectivity index (χ1) is 8.69. The second-order valence-electron chi connectivity index (χ2n) is 4.18. The number of halogens is 1. The molecule has 2 aromatic rings. The molecule has 0 bridgehead atoms. The number of anilines is 1. The van der Waals surface area contributed by atoms with E-state index in [1.807, 2.05) is 24.3 Å². The van der Waals surface area contributed by atoms with E-state index in [1.165, 1.54) is 23.8 Å². The highest BCUT2D eigenvalue weighted by Gasteiger charge is 2.03. The normalized spacial score (nSPS) is 10.3. The van der Waals surface area contributed by atoms with Gasteiger partial charge in [0.05, 0.1) is 5.69 Å². The van der Waals surface area contributed by atoms with Crippen molar-refractivity contribution < 1.29 is 9.13 Å². The van der Waals surface area contributed by atoms with Gasteiger partial charge in [-0.15, -0.1) is 0 Å². The minimum absolute atomic E-state index is 0.299. The molecule has 3 heteroatoms. The lowest BCUT2D eigenvalue weighted by atomic mass is 10.1. The van der Waals surface area contributed by atoms with Crippen LogP contribution >= 0.6 is 0 Å². The molecule has 0 aliphatic heterocycles. The average Bonchev–Trinajstić information content (AvgIpc) is 2.35. The SMILES string of the molecule is CCCc1ccc(Oc2ccc(F)cc2N)cc1. The molecule has 0 atom stereocenters. The molecule has 2 N–H and O–H groups in total. The van der Waals surface area contributed by atoms with Crippen LogP contribution in [0.25, 0.3) is 0 Å². The summed E-state index contributed by atoms with van der Waals surface area (Å²) in [5.41, 5.74) is 7.26. The Kier molecular flexibility index (Phi) is 3.82. The molecule has 0 amide bonds. The molecule has 0 saturated heterocycles. The summed E-state index contributed by atoms with van der Waals surface area (Å²) in [6, 6.07) is 12.0. The van der Waals surface area contributed by atoms with Crippen molar-refractivity contribution in [2.45, 2.75) is 19.8 Å². The molecule has 2 rings (SSSR count). The first-order valence-corrected chi connectivity index (χ1v) is 6.01. The molecule has 0 aliphatic carbocycles. The molecule has 94 valence electrons. The third-order valence-corrected chi connectivity index (χ3v) is 2.66. The Balaban J connectivity index is 2.13. The summed E-state index contributed by atoms with van der Waals surface area (Å²) in [6.45, 7) is 2.14. The van der Waals surface area contributed by atoms with Crippen LogP contribution in [-0.2, 0) is 6.42 Å². The Morgan fingerprint density at radius 3 is 2.44 bits per heavy atom. The molecule has 0 saturated carbocycles. The fraction of sp³-hybridized carbons (Fsp3) is 0.200. The van der Waals surface area contributed by atoms with Gasteiger partial charge in [-0.05, 0) is 36.2 Å². The largest absolute Gasteiger partial charge is 0.455 e. The Morgan fingerprint density at radius 1 is 1.11 bits per heavy atom. The van der Waals surface area contributed by atoms with Crippen LogP contribution < -0.4 is 10.5 Å². The molecule has 0 unspecified atom stereocenters. The summed E-state index contributed by atoms with van der Waals surface area (Å²) in [5, 5.41) is 0. The highest BCUT2D eigenvalue weighted by Crippen LogP contribution is 2.28. The highest BCUT2D eigenvalue weighted by atomic mass is 19.1. The lowest BCUT2D eigenvalue weighted by Gasteiger charge is -2.09. The molecule has 18 heavy (non-hydrogen) atoms. The maximum absolute atomic E-state index is 12.9. The van der Waals surface area contributed by atoms with Crippen LogP contribution in [0.4, 0.5) is 10.1 Å². The summed E-state index contributed by atoms with van der Waals surface area (Å²) in [5.74, 6) is 0.811. The van der Waals surface area contributed by atoms with Crippen LogP contribution in [-0.4, -0.2) is 0 Å². The molecular weight excluding hydrogens is 229 g/mol. The maximum Gasteiger partial charge on any atom is 0.150 e. The van der Waals surface area contributed by atoms with Crippen molar-refractivity contribution >= 4 is 5.69 Å². The van der Waals surface area contributed by atoms with E-state index in [2.05, 4.69) is 6.92 Å². The van der Waals surface area contributed by atoms with Crippen molar-refractivity contribution in [1.82, 2.24) is 0 Å². The molecular formula is C15H16FNO. The van der Waals surface area contributed by atoms with Crippen LogP contribution in [0.5, 0.6) is 11.5 Å². The fourth-order valence-electron chi connectivity index (χ4n) is 1.75. The van der Waals surface area contributed by atoms with Crippen LogP contribution in [0.3, 0.4) is 0 Å². The van der Waals surface area contributed by atoms with E-state index in [9.17, 15) is 4.39 Å². The monoisotopic (exact) mass is 245 g/mol. The van der Waals surface area contributed by atoms with Gasteiger partial charge in [0.2, 0.25) is 0 Å². The zero-order chi connectivity index (χ0) is 13.0. The van der Waals surface area contributed by atoms with E-state index in [-0.39, 0.29) is 5.82 Å². The molecule has 0 fully saturated rings. The Labute approximate surface area is 106 Å². The molecule has 0 heterocycles. The summed E-state index contributed by atoms with van der Waals surface area (Å²) >= 11 is 0. The number of rotatable bonds is 4. The van der Waals surface area contributed by atoms with Gasteiger partial charge in [0, 0.05) is 6.07 Å². The molecule has 2 aromatic carbocycles. The number of ether oxygens (including phenoxy) is 1. The summed E-state index contributed by atoms with van der Waals surface area (Å²) in [7, 11) is 0. The minimum Gasteiger partial charge on any atom is -0.455 e. The van der Waals surface area contributed by atoms with Crippen LogP contribution in [0, 0.1) is 5.82 Å². The van der Waals surface area contributed by atoms with Crippen LogP contribution in [0.2, 0.25) is 0 Å². The zero-order valence-electron chi connectivity index (χ0n) is 10.3. The van der Waals surface area contributed by atoms with Gasteiger partial charge in [-0.2, -0.15) is 0 Å². The maximum atomic E-state index is 12.9. The van der Waals surface area contributed by atoms with Gasteiger partial charge >= 0.3 is 0 Å². The van der Waals surface area contributed by atoms with Gasteiger partial charge < -0.3 is 10.5 Å². The van der Waals surface area contributed by atoms with Gasteiger partial charge in [-0.1, -0.05) is 25.5 Å². The van der Waals surface area contributed by atoms with Crippen molar-refractivity contribution in [3.8, 4) is 11.5 Å². The van der Waals surface area contributed by atoms with Crippen LogP contribution in [0.1, 0.15) is 18.9 Å². The van der Waals surface area contributed by atoms with E-state index in [4.69, 9.17) is 10.5 Å². The Hall–Kier alpha value is -2.03. The standard InChI is InChI=1S/C15H16FNO/c1-2-3-11-4-7-13(8-5-11)18-15-9-6-12(16)10-14(15)17/h4-10H,2-3,17H2,1H3. The van der Waals surface area contributed by atoms with E-state index in [1.54, 1.807) is 0 Å². The van der Waals surface area contributed by atoms with Gasteiger partial charge in [0.1, 0.15) is 11.6 Å². The molecule has 0 spiro atoms. The zero-order valence-corrected chi connectivity index (χ0v) is 10.3. The summed E-state index contributed by atoms with van der Waals surface area (Å²) in [6.07, 6.45) is 2.17. The summed E-state index contributed by atoms with van der Waals surface area (Å²) < 4.78 is 18.5. The van der Waals surface area contributed by atoms with Gasteiger partial charge in [-0.25, -0.2) is 4.39 Å². The quantitative estimate of drug-likeness (QED) is 0.821. The van der Waals surface area contributed by atoms with Crippen LogP contribution in [0.15, 0.2) is 42.5 Å². The molecule has 0 aromatic heterocycles. The highest BCUT2D eigenvalue weighted by molar-refractivity contribution is 5.53. The predicted octanol–water partition coefficient (Wildman–Crippen LogP) is 4.15. The van der Waals surface area contributed by atoms with Crippen molar-refractivity contribution in [3.05, 3.63) is 53.8 Å². The number of nitrogens with two attached hydrogens (primary N) is 1. The topological polar surface area (TPSA) is 35.2 Å². The van der Waals surface area contributed by atoms with Crippen molar-refractivity contribution in [1.29, 1.82) is 0 Å². The molecule has 0 aliphatic rings. The first-order valence-electron chi connectivity index (χ1n) is 6.01. The Morgan fingerprint density at radius 2 is 1.83 bits per heavy atom. The third kappa shape index (κ3) is 3.00. The minimum atomic E-state index is -0.363. The lowest BCUT2D eigenvalue weighted by Crippen LogP contribution is -1.93. The van der Waals surface area contributed by atoms with E-state index < -0.39 is 0 Å². The van der Waals surface area contributed by atoms with Crippen molar-refractivity contribution in [2.24, 2.45) is 0 Å². The second-order valence-corrected chi connectivity index (χ2v) is 4.18. The number of benzene rings is 2. The number of hydrogen-bond donors (Lipinski definition) is 1.